The number of rotatable bonds is 10. The van der Waals surface area contributed by atoms with Gasteiger partial charge in [0.05, 0.1) is 18.9 Å². The first-order valence-electron chi connectivity index (χ1n) is 6.36. The molecule has 0 aliphatic heterocycles. The maximum atomic E-state index is 5.72. The van der Waals surface area contributed by atoms with Crippen LogP contribution in [0.15, 0.2) is 12.1 Å². The Morgan fingerprint density at radius 1 is 1.11 bits per heavy atom. The van der Waals surface area contributed by atoms with E-state index >= 15 is 0 Å². The highest BCUT2D eigenvalue weighted by molar-refractivity contribution is 5.49. The van der Waals surface area contributed by atoms with Crippen LogP contribution < -0.4 is 15.2 Å². The van der Waals surface area contributed by atoms with E-state index in [-0.39, 0.29) is 0 Å². The molecular weight excluding hydrogens is 248 g/mol. The third-order valence-electron chi connectivity index (χ3n) is 2.26. The number of nitrogens with two attached hydrogens (primary N) is 1. The standard InChI is InChI=1S/C13H22N2O4/c1-3-18-13-11(14)5-6-12(15-13)19-10-9-17-8-4-7-16-2/h5-6H,3-4,7-10,14H2,1-2H3. The maximum Gasteiger partial charge on any atom is 0.240 e. The van der Waals surface area contributed by atoms with E-state index in [9.17, 15) is 0 Å². The molecule has 0 aliphatic carbocycles. The average Bonchev–Trinajstić information content (AvgIpc) is 2.41. The Kier molecular flexibility index (Phi) is 7.69. The molecule has 6 heteroatoms. The Morgan fingerprint density at radius 2 is 1.95 bits per heavy atom. The van der Waals surface area contributed by atoms with E-state index in [0.29, 0.717) is 50.5 Å². The van der Waals surface area contributed by atoms with Crippen molar-refractivity contribution in [3.05, 3.63) is 12.1 Å². The van der Waals surface area contributed by atoms with E-state index in [2.05, 4.69) is 4.98 Å². The molecule has 0 aromatic carbocycles. The number of hydrogen-bond acceptors (Lipinski definition) is 6. The highest BCUT2D eigenvalue weighted by atomic mass is 16.5. The van der Waals surface area contributed by atoms with Crippen molar-refractivity contribution in [2.45, 2.75) is 13.3 Å². The minimum Gasteiger partial charge on any atom is -0.476 e. The van der Waals surface area contributed by atoms with Gasteiger partial charge in [-0.1, -0.05) is 0 Å². The lowest BCUT2D eigenvalue weighted by Crippen LogP contribution is -2.10. The molecule has 1 aromatic heterocycles. The van der Waals surface area contributed by atoms with Gasteiger partial charge >= 0.3 is 0 Å². The first-order valence-corrected chi connectivity index (χ1v) is 6.36. The Bertz CT molecular complexity index is 360. The molecule has 1 aromatic rings. The lowest BCUT2D eigenvalue weighted by atomic mass is 10.4. The van der Waals surface area contributed by atoms with Crippen LogP contribution in [-0.2, 0) is 9.47 Å². The van der Waals surface area contributed by atoms with Gasteiger partial charge in [0.1, 0.15) is 6.61 Å². The summed E-state index contributed by atoms with van der Waals surface area (Å²) in [5.41, 5.74) is 6.22. The number of nitrogen functional groups attached to an aromatic ring is 1. The predicted molar refractivity (Wildman–Crippen MR) is 72.6 cm³/mol. The van der Waals surface area contributed by atoms with Gasteiger partial charge in [-0.2, -0.15) is 4.98 Å². The second kappa shape index (κ2) is 9.41. The molecule has 19 heavy (non-hydrogen) atoms. The fourth-order valence-corrected chi connectivity index (χ4v) is 1.38. The van der Waals surface area contributed by atoms with Gasteiger partial charge in [0.25, 0.3) is 0 Å². The van der Waals surface area contributed by atoms with Crippen LogP contribution in [0.25, 0.3) is 0 Å². The molecule has 108 valence electrons. The quantitative estimate of drug-likeness (QED) is 0.649. The molecule has 0 atom stereocenters. The summed E-state index contributed by atoms with van der Waals surface area (Å²) in [6.45, 7) is 4.72. The molecule has 0 aliphatic rings. The Labute approximate surface area is 113 Å². The van der Waals surface area contributed by atoms with Crippen LogP contribution in [0, 0.1) is 0 Å². The zero-order chi connectivity index (χ0) is 13.9. The Balaban J connectivity index is 2.23. The van der Waals surface area contributed by atoms with Gasteiger partial charge in [-0.15, -0.1) is 0 Å². The largest absolute Gasteiger partial charge is 0.476 e. The minimum atomic E-state index is 0.404. The number of methoxy groups -OCH3 is 1. The number of hydrogen-bond donors (Lipinski definition) is 1. The summed E-state index contributed by atoms with van der Waals surface area (Å²) in [4.78, 5) is 4.16. The normalized spacial score (nSPS) is 10.4. The summed E-state index contributed by atoms with van der Waals surface area (Å²) >= 11 is 0. The van der Waals surface area contributed by atoms with E-state index in [1.165, 1.54) is 0 Å². The van der Waals surface area contributed by atoms with Gasteiger partial charge in [0.2, 0.25) is 11.8 Å². The molecule has 1 heterocycles. The molecule has 0 bridgehead atoms. The van der Waals surface area contributed by atoms with Crippen molar-refractivity contribution in [2.75, 3.05) is 45.9 Å². The van der Waals surface area contributed by atoms with Gasteiger partial charge in [0.15, 0.2) is 0 Å². The smallest absolute Gasteiger partial charge is 0.240 e. The van der Waals surface area contributed by atoms with Crippen molar-refractivity contribution in [1.82, 2.24) is 4.98 Å². The van der Waals surface area contributed by atoms with Crippen LogP contribution in [0.1, 0.15) is 13.3 Å². The molecule has 0 spiro atoms. The lowest BCUT2D eigenvalue weighted by Gasteiger charge is -2.09. The molecule has 0 saturated heterocycles. The fourth-order valence-electron chi connectivity index (χ4n) is 1.38. The van der Waals surface area contributed by atoms with Crippen LogP contribution in [0.5, 0.6) is 11.8 Å². The first-order chi connectivity index (χ1) is 9.27. The fraction of sp³-hybridized carbons (Fsp3) is 0.615. The number of ether oxygens (including phenoxy) is 4. The number of anilines is 1. The van der Waals surface area contributed by atoms with Crippen LogP contribution >= 0.6 is 0 Å². The van der Waals surface area contributed by atoms with Gasteiger partial charge in [-0.25, -0.2) is 0 Å². The SMILES string of the molecule is CCOc1nc(OCCOCCCOC)ccc1N. The molecule has 0 radical (unpaired) electrons. The molecule has 2 N–H and O–H groups in total. The third-order valence-corrected chi connectivity index (χ3v) is 2.26. The van der Waals surface area contributed by atoms with Crippen molar-refractivity contribution >= 4 is 5.69 Å². The van der Waals surface area contributed by atoms with E-state index in [4.69, 9.17) is 24.7 Å². The van der Waals surface area contributed by atoms with Gasteiger partial charge in [0, 0.05) is 26.4 Å². The van der Waals surface area contributed by atoms with Crippen molar-refractivity contribution < 1.29 is 18.9 Å². The maximum absolute atomic E-state index is 5.72. The van der Waals surface area contributed by atoms with Crippen molar-refractivity contribution in [1.29, 1.82) is 0 Å². The second-order valence-corrected chi connectivity index (χ2v) is 3.78. The molecule has 0 saturated carbocycles. The zero-order valence-corrected chi connectivity index (χ0v) is 11.6. The van der Waals surface area contributed by atoms with Crippen LogP contribution in [0.3, 0.4) is 0 Å². The number of pyridine rings is 1. The molecular formula is C13H22N2O4. The van der Waals surface area contributed by atoms with E-state index in [1.54, 1.807) is 19.2 Å². The van der Waals surface area contributed by atoms with Crippen LogP contribution in [0.2, 0.25) is 0 Å². The van der Waals surface area contributed by atoms with Crippen LogP contribution in [-0.4, -0.2) is 45.1 Å². The molecule has 0 fully saturated rings. The minimum absolute atomic E-state index is 0.404. The van der Waals surface area contributed by atoms with Crippen molar-refractivity contribution in [2.24, 2.45) is 0 Å². The second-order valence-electron chi connectivity index (χ2n) is 3.78. The van der Waals surface area contributed by atoms with E-state index in [1.807, 2.05) is 6.92 Å². The van der Waals surface area contributed by atoms with E-state index in [0.717, 1.165) is 6.42 Å². The summed E-state index contributed by atoms with van der Waals surface area (Å²) in [6, 6.07) is 3.43. The van der Waals surface area contributed by atoms with Crippen molar-refractivity contribution in [3.63, 3.8) is 0 Å². The Morgan fingerprint density at radius 3 is 2.68 bits per heavy atom. The number of nitrogens with zero attached hydrogens (tertiary/aromatic N) is 1. The Hall–Kier alpha value is -1.53. The zero-order valence-electron chi connectivity index (χ0n) is 11.6. The van der Waals surface area contributed by atoms with Gasteiger partial charge in [-0.05, 0) is 19.4 Å². The first kappa shape index (κ1) is 15.5. The topological polar surface area (TPSA) is 75.8 Å². The summed E-state index contributed by atoms with van der Waals surface area (Å²) in [5, 5.41) is 0. The van der Waals surface area contributed by atoms with Crippen molar-refractivity contribution in [3.8, 4) is 11.8 Å². The van der Waals surface area contributed by atoms with Crippen LogP contribution in [0.4, 0.5) is 5.69 Å². The molecule has 0 unspecified atom stereocenters. The lowest BCUT2D eigenvalue weighted by molar-refractivity contribution is 0.0794. The number of aromatic nitrogens is 1. The molecule has 0 amide bonds. The highest BCUT2D eigenvalue weighted by Crippen LogP contribution is 2.21. The van der Waals surface area contributed by atoms with Gasteiger partial charge in [-0.3, -0.25) is 0 Å². The summed E-state index contributed by atoms with van der Waals surface area (Å²) in [7, 11) is 1.67. The summed E-state index contributed by atoms with van der Waals surface area (Å²) < 4.78 is 21.0. The molecule has 6 nitrogen and oxygen atoms in total. The predicted octanol–water partition coefficient (Wildman–Crippen LogP) is 1.49. The third kappa shape index (κ3) is 6.26. The average molecular weight is 270 g/mol. The highest BCUT2D eigenvalue weighted by Gasteiger charge is 2.04. The van der Waals surface area contributed by atoms with Gasteiger partial charge < -0.3 is 24.7 Å². The monoisotopic (exact) mass is 270 g/mol. The molecule has 1 rings (SSSR count). The summed E-state index contributed by atoms with van der Waals surface area (Å²) in [5.74, 6) is 0.888. The summed E-state index contributed by atoms with van der Waals surface area (Å²) in [6.07, 6.45) is 0.880. The van der Waals surface area contributed by atoms with E-state index < -0.39 is 0 Å².